The van der Waals surface area contributed by atoms with Crippen LogP contribution in [-0.4, -0.2) is 4.57 Å². The van der Waals surface area contributed by atoms with E-state index < -0.39 is 0 Å². The summed E-state index contributed by atoms with van der Waals surface area (Å²) in [5.41, 5.74) is 14.9. The van der Waals surface area contributed by atoms with Gasteiger partial charge in [0.2, 0.25) is 0 Å². The maximum Gasteiger partial charge on any atom is 0.135 e. The zero-order valence-corrected chi connectivity index (χ0v) is 30.0. The van der Waals surface area contributed by atoms with Crippen molar-refractivity contribution in [2.45, 2.75) is 20.3 Å². The first-order chi connectivity index (χ1) is 26.2. The summed E-state index contributed by atoms with van der Waals surface area (Å²) in [6.07, 6.45) is 1.25. The van der Waals surface area contributed by atoms with Gasteiger partial charge in [0.05, 0.1) is 11.0 Å². The van der Waals surface area contributed by atoms with Crippen molar-refractivity contribution in [2.75, 3.05) is 0 Å². The van der Waals surface area contributed by atoms with Gasteiger partial charge in [-0.25, -0.2) is 0 Å². The van der Waals surface area contributed by atoms with Gasteiger partial charge in [0.1, 0.15) is 11.2 Å². The topological polar surface area (TPSA) is 18.1 Å². The number of rotatable bonds is 5. The second-order valence-corrected chi connectivity index (χ2v) is 13.7. The first kappa shape index (κ1) is 32.3. The number of hydrogen-bond donors (Lipinski definition) is 0. The molecule has 0 radical (unpaired) electrons. The van der Waals surface area contributed by atoms with E-state index in [1.807, 2.05) is 0 Å². The van der Waals surface area contributed by atoms with Crippen LogP contribution < -0.4 is 0 Å². The molecule has 53 heavy (non-hydrogen) atoms. The summed E-state index contributed by atoms with van der Waals surface area (Å²) in [5, 5.41) is 4.71. The molecule has 2 heterocycles. The maximum absolute atomic E-state index is 6.39. The Morgan fingerprint density at radius 3 is 1.42 bits per heavy atom. The Morgan fingerprint density at radius 2 is 0.774 bits per heavy atom. The van der Waals surface area contributed by atoms with Crippen molar-refractivity contribution >= 4 is 43.7 Å². The highest BCUT2D eigenvalue weighted by Crippen LogP contribution is 2.39. The number of hydrogen-bond acceptors (Lipinski definition) is 1. The molecule has 2 nitrogen and oxygen atoms in total. The third-order valence-corrected chi connectivity index (χ3v) is 9.99. The summed E-state index contributed by atoms with van der Waals surface area (Å²) in [7, 11) is 0. The van der Waals surface area contributed by atoms with Crippen molar-refractivity contribution in [1.82, 2.24) is 4.57 Å². The van der Waals surface area contributed by atoms with Crippen LogP contribution in [0.2, 0.25) is 0 Å². The fourth-order valence-corrected chi connectivity index (χ4v) is 7.53. The molecule has 0 atom stereocenters. The van der Waals surface area contributed by atoms with Crippen LogP contribution in [0, 0.1) is 0 Å². The van der Waals surface area contributed by atoms with Crippen LogP contribution in [0.1, 0.15) is 20.3 Å². The molecule has 0 bridgehead atoms. The van der Waals surface area contributed by atoms with Gasteiger partial charge in [0.25, 0.3) is 0 Å². The van der Waals surface area contributed by atoms with Gasteiger partial charge >= 0.3 is 0 Å². The standard InChI is InChI=1S/C48H31NO.C3H8/c1-3-11-32(12-4-1)34-15-9-16-35(27-34)36-17-10-18-37(28-36)39-22-25-47-43(30-39)44-31-40(23-26-48(44)50-47)49-45-20-8-7-19-41(45)42-29-38(21-24-46(42)49)33-13-5-2-6-14-33;1-3-2/h1-31H;3H2,1-2H3. The summed E-state index contributed by atoms with van der Waals surface area (Å²) in [5.74, 6) is 0. The monoisotopic (exact) mass is 681 g/mol. The Bertz CT molecular complexity index is 2880. The molecule has 0 saturated carbocycles. The third-order valence-electron chi connectivity index (χ3n) is 9.99. The lowest BCUT2D eigenvalue weighted by Gasteiger charge is -2.09. The smallest absolute Gasteiger partial charge is 0.135 e. The summed E-state index contributed by atoms with van der Waals surface area (Å²) >= 11 is 0. The lowest BCUT2D eigenvalue weighted by molar-refractivity contribution is 0.669. The number of aromatic nitrogens is 1. The number of nitrogens with zero attached hydrogens (tertiary/aromatic N) is 1. The van der Waals surface area contributed by atoms with Gasteiger partial charge in [-0.05, 0) is 105 Å². The Labute approximate surface area is 310 Å². The second-order valence-electron chi connectivity index (χ2n) is 13.7. The Kier molecular flexibility index (Phi) is 8.42. The molecule has 0 spiro atoms. The predicted octanol–water partition coefficient (Wildman–Crippen LogP) is 14.8. The van der Waals surface area contributed by atoms with Gasteiger partial charge in [-0.1, -0.05) is 148 Å². The largest absolute Gasteiger partial charge is 0.456 e. The van der Waals surface area contributed by atoms with Crippen molar-refractivity contribution in [2.24, 2.45) is 0 Å². The van der Waals surface area contributed by atoms with E-state index in [4.69, 9.17) is 4.42 Å². The molecule has 0 fully saturated rings. The molecule has 0 aliphatic carbocycles. The first-order valence-electron chi connectivity index (χ1n) is 18.5. The van der Waals surface area contributed by atoms with Crippen molar-refractivity contribution in [1.29, 1.82) is 0 Å². The normalized spacial score (nSPS) is 11.3. The van der Waals surface area contributed by atoms with Gasteiger partial charge in [0.15, 0.2) is 0 Å². The molecule has 0 saturated heterocycles. The molecule has 0 unspecified atom stereocenters. The van der Waals surface area contributed by atoms with Gasteiger partial charge in [-0.3, -0.25) is 0 Å². The van der Waals surface area contributed by atoms with E-state index in [1.165, 1.54) is 67.2 Å². The van der Waals surface area contributed by atoms with E-state index in [0.29, 0.717) is 0 Å². The summed E-state index contributed by atoms with van der Waals surface area (Å²) in [4.78, 5) is 0. The van der Waals surface area contributed by atoms with E-state index in [-0.39, 0.29) is 0 Å². The second kappa shape index (κ2) is 13.8. The van der Waals surface area contributed by atoms with Gasteiger partial charge < -0.3 is 8.98 Å². The first-order valence-corrected chi connectivity index (χ1v) is 18.5. The highest BCUT2D eigenvalue weighted by Gasteiger charge is 2.16. The van der Waals surface area contributed by atoms with Gasteiger partial charge in [-0.2, -0.15) is 0 Å². The molecular weight excluding hydrogens is 643 g/mol. The summed E-state index contributed by atoms with van der Waals surface area (Å²) in [6.45, 7) is 4.25. The minimum absolute atomic E-state index is 0.888. The highest BCUT2D eigenvalue weighted by molar-refractivity contribution is 6.12. The van der Waals surface area contributed by atoms with E-state index in [9.17, 15) is 0 Å². The Morgan fingerprint density at radius 1 is 0.340 bits per heavy atom. The van der Waals surface area contributed by atoms with Crippen LogP contribution in [0.15, 0.2) is 192 Å². The van der Waals surface area contributed by atoms with E-state index in [0.717, 1.165) is 33.2 Å². The van der Waals surface area contributed by atoms with Crippen LogP contribution in [0.5, 0.6) is 0 Å². The minimum atomic E-state index is 0.888. The van der Waals surface area contributed by atoms with Gasteiger partial charge in [0, 0.05) is 27.2 Å². The minimum Gasteiger partial charge on any atom is -0.456 e. The molecule has 0 N–H and O–H groups in total. The lowest BCUT2D eigenvalue weighted by Crippen LogP contribution is -1.93. The fourth-order valence-electron chi connectivity index (χ4n) is 7.53. The van der Waals surface area contributed by atoms with Crippen molar-refractivity contribution in [3.8, 4) is 50.2 Å². The maximum atomic E-state index is 6.39. The molecule has 10 aromatic rings. The third kappa shape index (κ3) is 5.99. The molecule has 0 aliphatic heterocycles. The summed E-state index contributed by atoms with van der Waals surface area (Å²) in [6, 6.07) is 67.4. The molecule has 10 rings (SSSR count). The molecule has 0 amide bonds. The average Bonchev–Trinajstić information content (AvgIpc) is 3.76. The van der Waals surface area contributed by atoms with Crippen molar-refractivity contribution in [3.63, 3.8) is 0 Å². The van der Waals surface area contributed by atoms with Crippen LogP contribution in [0.3, 0.4) is 0 Å². The Hall–Kier alpha value is -6.64. The molecular formula is C51H39NO. The van der Waals surface area contributed by atoms with E-state index >= 15 is 0 Å². The quantitative estimate of drug-likeness (QED) is 0.177. The van der Waals surface area contributed by atoms with E-state index in [1.54, 1.807) is 0 Å². The molecule has 2 heteroatoms. The van der Waals surface area contributed by atoms with E-state index in [2.05, 4.69) is 206 Å². The number of para-hydroxylation sites is 1. The summed E-state index contributed by atoms with van der Waals surface area (Å²) < 4.78 is 8.78. The Balaban J connectivity index is 0.00000120. The number of fused-ring (bicyclic) bond motifs is 6. The fraction of sp³-hybridized carbons (Fsp3) is 0.0588. The van der Waals surface area contributed by atoms with Crippen molar-refractivity contribution < 1.29 is 4.42 Å². The highest BCUT2D eigenvalue weighted by atomic mass is 16.3. The zero-order valence-electron chi connectivity index (χ0n) is 30.0. The van der Waals surface area contributed by atoms with Crippen LogP contribution >= 0.6 is 0 Å². The van der Waals surface area contributed by atoms with Crippen molar-refractivity contribution in [3.05, 3.63) is 188 Å². The lowest BCUT2D eigenvalue weighted by atomic mass is 9.96. The van der Waals surface area contributed by atoms with Gasteiger partial charge in [-0.15, -0.1) is 0 Å². The SMILES string of the molecule is CCC.c1ccc(-c2cccc(-c3cccc(-c4ccc5oc6ccc(-n7c8ccccc8c8cc(-c9ccccc9)ccc87)cc6c5c4)c3)c2)cc1. The van der Waals surface area contributed by atoms with Crippen LogP contribution in [0.4, 0.5) is 0 Å². The van der Waals surface area contributed by atoms with Crippen LogP contribution in [0.25, 0.3) is 93.9 Å². The number of benzene rings is 8. The molecule has 2 aromatic heterocycles. The molecule has 0 aliphatic rings. The zero-order chi connectivity index (χ0) is 35.7. The van der Waals surface area contributed by atoms with Crippen LogP contribution in [-0.2, 0) is 0 Å². The predicted molar refractivity (Wildman–Crippen MR) is 226 cm³/mol. The number of furan rings is 1. The molecule has 254 valence electrons. The average molecular weight is 682 g/mol. The molecule has 8 aromatic carbocycles.